The Kier molecular flexibility index (Phi) is 8.64. The molecule has 2 N–H and O–H groups in total. The van der Waals surface area contributed by atoms with Gasteiger partial charge in [0.25, 0.3) is 0 Å². The zero-order valence-corrected chi connectivity index (χ0v) is 34.0. The SMILES string of the molecule is CC(C)(C)c1ccnc(-n2c3ccccc3c3ccc(Oc4cccc(Nc5ccccc5Nc5c(-c6ccccc6)ccc6c5-c5ccccc5C6(C)C)c4)cc32)c1. The number of anilines is 4. The molecule has 0 aliphatic heterocycles. The van der Waals surface area contributed by atoms with Crippen molar-refractivity contribution in [3.05, 3.63) is 193 Å². The van der Waals surface area contributed by atoms with Crippen molar-refractivity contribution in [2.75, 3.05) is 10.6 Å². The lowest BCUT2D eigenvalue weighted by Gasteiger charge is -2.24. The maximum Gasteiger partial charge on any atom is 0.137 e. The summed E-state index contributed by atoms with van der Waals surface area (Å²) in [5.41, 5.74) is 14.8. The molecule has 7 aromatic carbocycles. The van der Waals surface area contributed by atoms with E-state index in [-0.39, 0.29) is 10.8 Å². The Hall–Kier alpha value is -7.11. The van der Waals surface area contributed by atoms with Gasteiger partial charge in [0.15, 0.2) is 0 Å². The zero-order chi connectivity index (χ0) is 40.3. The van der Waals surface area contributed by atoms with Crippen molar-refractivity contribution in [2.24, 2.45) is 0 Å². The molecule has 59 heavy (non-hydrogen) atoms. The van der Waals surface area contributed by atoms with Crippen LogP contribution in [0.5, 0.6) is 11.5 Å². The smallest absolute Gasteiger partial charge is 0.137 e. The standard InChI is InChI=1S/C54H46N4O/c1-53(2,3)36-30-31-55-50(32-36)58-48-25-14-10-20-41(48)42-27-26-39(34-49(42)58)59-38-19-15-18-37(33-38)56-46-23-12-13-24-47(46)57-52-40(35-16-7-6-8-17-35)28-29-45-51(52)43-21-9-11-22-44(43)54(45,4)5/h6-34,56-57H,1-5H3. The van der Waals surface area contributed by atoms with Crippen LogP contribution in [-0.2, 0) is 10.8 Å². The van der Waals surface area contributed by atoms with E-state index in [1.54, 1.807) is 0 Å². The minimum atomic E-state index is -0.120. The lowest BCUT2D eigenvalue weighted by atomic mass is 9.82. The van der Waals surface area contributed by atoms with Crippen molar-refractivity contribution < 1.29 is 4.74 Å². The van der Waals surface area contributed by atoms with Gasteiger partial charge in [-0.25, -0.2) is 4.98 Å². The number of fused-ring (bicyclic) bond motifs is 6. The fraction of sp³-hybridized carbons (Fsp3) is 0.130. The van der Waals surface area contributed by atoms with E-state index in [1.165, 1.54) is 38.8 Å². The molecule has 10 rings (SSSR count). The molecule has 0 radical (unpaired) electrons. The number of ether oxygens (including phenoxy) is 1. The summed E-state index contributed by atoms with van der Waals surface area (Å²) in [6, 6.07) is 59.8. The van der Waals surface area contributed by atoms with Crippen molar-refractivity contribution in [1.82, 2.24) is 9.55 Å². The first-order chi connectivity index (χ1) is 28.6. The highest BCUT2D eigenvalue weighted by Crippen LogP contribution is 2.54. The first-order valence-electron chi connectivity index (χ1n) is 20.4. The molecule has 0 amide bonds. The summed E-state index contributed by atoms with van der Waals surface area (Å²) < 4.78 is 8.88. The van der Waals surface area contributed by atoms with Crippen molar-refractivity contribution in [2.45, 2.75) is 45.4 Å². The predicted molar refractivity (Wildman–Crippen MR) is 246 cm³/mol. The summed E-state index contributed by atoms with van der Waals surface area (Å²) in [6.45, 7) is 11.4. The molecule has 0 unspecified atom stereocenters. The Labute approximate surface area is 346 Å². The third-order valence-electron chi connectivity index (χ3n) is 11.9. The van der Waals surface area contributed by atoms with Gasteiger partial charge in [0, 0.05) is 51.3 Å². The summed E-state index contributed by atoms with van der Waals surface area (Å²) in [5.74, 6) is 2.38. The summed E-state index contributed by atoms with van der Waals surface area (Å²) in [4.78, 5) is 4.86. The van der Waals surface area contributed by atoms with Crippen molar-refractivity contribution in [1.29, 1.82) is 0 Å². The number of nitrogens with zero attached hydrogens (tertiary/aromatic N) is 2. The van der Waals surface area contributed by atoms with Crippen molar-refractivity contribution in [3.63, 3.8) is 0 Å². The van der Waals surface area contributed by atoms with E-state index in [2.05, 4.69) is 208 Å². The van der Waals surface area contributed by atoms with Gasteiger partial charge in [0.1, 0.15) is 17.3 Å². The molecule has 1 aliphatic carbocycles. The van der Waals surface area contributed by atoms with Crippen LogP contribution in [0.2, 0.25) is 0 Å². The van der Waals surface area contributed by atoms with E-state index in [0.29, 0.717) is 0 Å². The maximum absolute atomic E-state index is 6.63. The normalized spacial score (nSPS) is 13.0. The molecule has 1 aliphatic rings. The summed E-state index contributed by atoms with van der Waals surface area (Å²) >= 11 is 0. The molecule has 9 aromatic rings. The highest BCUT2D eigenvalue weighted by atomic mass is 16.5. The first kappa shape index (κ1) is 36.2. The third-order valence-corrected chi connectivity index (χ3v) is 11.9. The van der Waals surface area contributed by atoms with Crippen LogP contribution in [0.1, 0.15) is 51.3 Å². The van der Waals surface area contributed by atoms with Gasteiger partial charge in [0.2, 0.25) is 0 Å². The van der Waals surface area contributed by atoms with Crippen LogP contribution in [0.15, 0.2) is 176 Å². The van der Waals surface area contributed by atoms with Crippen LogP contribution in [0.25, 0.3) is 49.9 Å². The topological polar surface area (TPSA) is 51.1 Å². The van der Waals surface area contributed by atoms with Crippen LogP contribution in [0.3, 0.4) is 0 Å². The lowest BCUT2D eigenvalue weighted by Crippen LogP contribution is -2.15. The van der Waals surface area contributed by atoms with Gasteiger partial charge in [-0.3, -0.25) is 4.57 Å². The molecule has 0 saturated carbocycles. The lowest BCUT2D eigenvalue weighted by molar-refractivity contribution is 0.483. The first-order valence-corrected chi connectivity index (χ1v) is 20.4. The van der Waals surface area contributed by atoms with Gasteiger partial charge in [-0.2, -0.15) is 0 Å². The van der Waals surface area contributed by atoms with E-state index < -0.39 is 0 Å². The highest BCUT2D eigenvalue weighted by Gasteiger charge is 2.37. The number of aromatic nitrogens is 2. The van der Waals surface area contributed by atoms with Crippen molar-refractivity contribution >= 4 is 44.6 Å². The number of benzene rings is 7. The number of pyridine rings is 1. The molecule has 5 heteroatoms. The monoisotopic (exact) mass is 766 g/mol. The number of hydrogen-bond donors (Lipinski definition) is 2. The number of hydrogen-bond acceptors (Lipinski definition) is 4. The minimum absolute atomic E-state index is 0.00353. The maximum atomic E-state index is 6.63. The number of para-hydroxylation sites is 3. The Morgan fingerprint density at radius 2 is 1.27 bits per heavy atom. The highest BCUT2D eigenvalue weighted by molar-refractivity contribution is 6.09. The van der Waals surface area contributed by atoms with Crippen molar-refractivity contribution in [3.8, 4) is 39.6 Å². The fourth-order valence-electron chi connectivity index (χ4n) is 8.82. The van der Waals surface area contributed by atoms with E-state index in [1.807, 2.05) is 18.3 Å². The molecule has 2 aromatic heterocycles. The summed E-state index contributed by atoms with van der Waals surface area (Å²) in [5, 5.41) is 10.0. The molecule has 0 saturated heterocycles. The number of rotatable bonds is 8. The largest absolute Gasteiger partial charge is 0.457 e. The summed E-state index contributed by atoms with van der Waals surface area (Å²) in [6.07, 6.45) is 1.91. The third kappa shape index (κ3) is 6.40. The second kappa shape index (κ2) is 14.1. The second-order valence-electron chi connectivity index (χ2n) is 17.1. The van der Waals surface area contributed by atoms with Crippen LogP contribution in [0.4, 0.5) is 22.7 Å². The van der Waals surface area contributed by atoms with Gasteiger partial charge in [-0.1, -0.05) is 138 Å². The molecular weight excluding hydrogens is 721 g/mol. The Morgan fingerprint density at radius 1 is 0.559 bits per heavy atom. The molecule has 5 nitrogen and oxygen atoms in total. The van der Waals surface area contributed by atoms with Crippen LogP contribution >= 0.6 is 0 Å². The Morgan fingerprint density at radius 3 is 2.10 bits per heavy atom. The molecule has 0 fully saturated rings. The van der Waals surface area contributed by atoms with E-state index in [0.717, 1.165) is 62.0 Å². The van der Waals surface area contributed by atoms with Gasteiger partial charge in [-0.15, -0.1) is 0 Å². The Balaban J connectivity index is 0.992. The van der Waals surface area contributed by atoms with E-state index in [4.69, 9.17) is 9.72 Å². The Bertz CT molecular complexity index is 3040. The van der Waals surface area contributed by atoms with Crippen LogP contribution in [0, 0.1) is 0 Å². The van der Waals surface area contributed by atoms with Gasteiger partial charge in [0.05, 0.1) is 28.1 Å². The average molecular weight is 767 g/mol. The van der Waals surface area contributed by atoms with Gasteiger partial charge < -0.3 is 15.4 Å². The number of nitrogens with one attached hydrogen (secondary N) is 2. The molecular formula is C54H46N4O. The molecule has 0 atom stereocenters. The van der Waals surface area contributed by atoms with Gasteiger partial charge >= 0.3 is 0 Å². The summed E-state index contributed by atoms with van der Waals surface area (Å²) in [7, 11) is 0. The van der Waals surface area contributed by atoms with Crippen LogP contribution < -0.4 is 15.4 Å². The van der Waals surface area contributed by atoms with E-state index >= 15 is 0 Å². The second-order valence-corrected chi connectivity index (χ2v) is 17.1. The average Bonchev–Trinajstić information content (AvgIpc) is 3.70. The minimum Gasteiger partial charge on any atom is -0.457 e. The van der Waals surface area contributed by atoms with Gasteiger partial charge in [-0.05, 0) is 87.8 Å². The molecule has 2 heterocycles. The quantitative estimate of drug-likeness (QED) is 0.162. The van der Waals surface area contributed by atoms with Crippen LogP contribution in [-0.4, -0.2) is 9.55 Å². The zero-order valence-electron chi connectivity index (χ0n) is 34.0. The van der Waals surface area contributed by atoms with E-state index in [9.17, 15) is 0 Å². The molecule has 0 bridgehead atoms. The molecule has 0 spiro atoms. The predicted octanol–water partition coefficient (Wildman–Crippen LogP) is 14.7. The fourth-order valence-corrected chi connectivity index (χ4v) is 8.82. The molecule has 288 valence electrons.